The van der Waals surface area contributed by atoms with E-state index in [0.717, 1.165) is 17.7 Å². The highest BCUT2D eigenvalue weighted by molar-refractivity contribution is 7.10. The van der Waals surface area contributed by atoms with Gasteiger partial charge in [0.05, 0.1) is 12.5 Å². The number of hydrogen-bond donors (Lipinski definition) is 2. The lowest BCUT2D eigenvalue weighted by atomic mass is 10.1. The molecule has 1 aromatic heterocycles. The summed E-state index contributed by atoms with van der Waals surface area (Å²) in [7, 11) is 1.66. The Hall–Kier alpha value is -1.81. The summed E-state index contributed by atoms with van der Waals surface area (Å²) >= 11 is 1.77. The maximum Gasteiger partial charge on any atom is 0.224 e. The van der Waals surface area contributed by atoms with Gasteiger partial charge >= 0.3 is 0 Å². The van der Waals surface area contributed by atoms with Crippen LogP contribution >= 0.6 is 11.3 Å². The summed E-state index contributed by atoms with van der Waals surface area (Å²) in [6, 6.07) is 12.7. The minimum atomic E-state index is 0.0377. The Labute approximate surface area is 124 Å². The third-order valence-corrected chi connectivity index (χ3v) is 4.22. The number of benzene rings is 1. The Kier molecular flexibility index (Phi) is 5.18. The molecule has 0 bridgehead atoms. The molecule has 0 fully saturated rings. The molecular weight excluding hydrogens is 268 g/mol. The van der Waals surface area contributed by atoms with Gasteiger partial charge < -0.3 is 10.6 Å². The van der Waals surface area contributed by atoms with Gasteiger partial charge in [0.25, 0.3) is 0 Å². The molecule has 2 N–H and O–H groups in total. The van der Waals surface area contributed by atoms with Crippen molar-refractivity contribution in [3.8, 4) is 0 Å². The van der Waals surface area contributed by atoms with Crippen molar-refractivity contribution in [2.24, 2.45) is 0 Å². The van der Waals surface area contributed by atoms with E-state index < -0.39 is 0 Å². The van der Waals surface area contributed by atoms with Crippen LogP contribution in [0.1, 0.15) is 29.8 Å². The van der Waals surface area contributed by atoms with Crippen LogP contribution in [0.5, 0.6) is 0 Å². The standard InChI is InChI=1S/C16H20N2OS/c1-3-14(15-5-4-10-20-15)18-13-8-6-12(7-9-13)11-16(19)17-2/h4-10,14,18H,3,11H2,1-2H3,(H,17,19). The Morgan fingerprint density at radius 2 is 2.00 bits per heavy atom. The van der Waals surface area contributed by atoms with Crippen LogP contribution in [0.4, 0.5) is 5.69 Å². The van der Waals surface area contributed by atoms with Gasteiger partial charge in [0, 0.05) is 17.6 Å². The minimum Gasteiger partial charge on any atom is -0.377 e. The van der Waals surface area contributed by atoms with E-state index in [9.17, 15) is 4.79 Å². The molecule has 0 saturated heterocycles. The normalized spacial score (nSPS) is 11.9. The summed E-state index contributed by atoms with van der Waals surface area (Å²) in [5, 5.41) is 8.27. The lowest BCUT2D eigenvalue weighted by Gasteiger charge is -2.17. The Bertz CT molecular complexity index is 534. The topological polar surface area (TPSA) is 41.1 Å². The van der Waals surface area contributed by atoms with Gasteiger partial charge in [0.2, 0.25) is 5.91 Å². The monoisotopic (exact) mass is 288 g/mol. The molecule has 0 aliphatic rings. The molecule has 2 rings (SSSR count). The first-order chi connectivity index (χ1) is 9.72. The third kappa shape index (κ3) is 3.84. The smallest absolute Gasteiger partial charge is 0.224 e. The number of hydrogen-bond acceptors (Lipinski definition) is 3. The number of amides is 1. The van der Waals surface area contributed by atoms with Gasteiger partial charge in [0.1, 0.15) is 0 Å². The number of likely N-dealkylation sites (N-methyl/N-ethyl adjacent to an activating group) is 1. The summed E-state index contributed by atoms with van der Waals surface area (Å²) in [5.41, 5.74) is 2.12. The van der Waals surface area contributed by atoms with E-state index in [1.165, 1.54) is 4.88 Å². The number of nitrogens with one attached hydrogen (secondary N) is 2. The van der Waals surface area contributed by atoms with Crippen molar-refractivity contribution < 1.29 is 4.79 Å². The van der Waals surface area contributed by atoms with E-state index in [2.05, 4.69) is 35.1 Å². The van der Waals surface area contributed by atoms with Crippen molar-refractivity contribution in [3.05, 3.63) is 52.2 Å². The predicted octanol–water partition coefficient (Wildman–Crippen LogP) is 3.60. The van der Waals surface area contributed by atoms with Gasteiger partial charge in [-0.25, -0.2) is 0 Å². The zero-order valence-corrected chi connectivity index (χ0v) is 12.7. The molecule has 1 unspecified atom stereocenters. The number of anilines is 1. The van der Waals surface area contributed by atoms with E-state index in [1.54, 1.807) is 18.4 Å². The summed E-state index contributed by atoms with van der Waals surface area (Å²) in [6.45, 7) is 2.18. The fraction of sp³-hybridized carbons (Fsp3) is 0.312. The molecule has 2 aromatic rings. The summed E-state index contributed by atoms with van der Waals surface area (Å²) in [4.78, 5) is 12.7. The maximum absolute atomic E-state index is 11.3. The molecular formula is C16H20N2OS. The molecule has 3 nitrogen and oxygen atoms in total. The first kappa shape index (κ1) is 14.6. The molecule has 1 atom stereocenters. The van der Waals surface area contributed by atoms with E-state index in [0.29, 0.717) is 12.5 Å². The van der Waals surface area contributed by atoms with Crippen LogP contribution in [0.3, 0.4) is 0 Å². The molecule has 0 aliphatic heterocycles. The van der Waals surface area contributed by atoms with Crippen molar-refractivity contribution >= 4 is 22.9 Å². The van der Waals surface area contributed by atoms with Gasteiger partial charge in [-0.05, 0) is 35.6 Å². The predicted molar refractivity (Wildman–Crippen MR) is 85.2 cm³/mol. The fourth-order valence-electron chi connectivity index (χ4n) is 2.06. The molecule has 0 radical (unpaired) electrons. The molecule has 0 aliphatic carbocycles. The van der Waals surface area contributed by atoms with Crippen molar-refractivity contribution in [1.82, 2.24) is 5.32 Å². The van der Waals surface area contributed by atoms with Crippen LogP contribution in [0.25, 0.3) is 0 Å². The molecule has 0 spiro atoms. The number of carbonyl (C=O) groups excluding carboxylic acids is 1. The minimum absolute atomic E-state index is 0.0377. The summed E-state index contributed by atoms with van der Waals surface area (Å²) < 4.78 is 0. The molecule has 1 heterocycles. The van der Waals surface area contributed by atoms with Crippen LogP contribution < -0.4 is 10.6 Å². The van der Waals surface area contributed by atoms with Crippen LogP contribution in [-0.2, 0) is 11.2 Å². The molecule has 20 heavy (non-hydrogen) atoms. The van der Waals surface area contributed by atoms with Gasteiger partial charge in [-0.15, -0.1) is 11.3 Å². The van der Waals surface area contributed by atoms with Crippen molar-refractivity contribution in [3.63, 3.8) is 0 Å². The molecule has 4 heteroatoms. The fourth-order valence-corrected chi connectivity index (χ4v) is 2.92. The number of thiophene rings is 1. The largest absolute Gasteiger partial charge is 0.377 e. The van der Waals surface area contributed by atoms with Gasteiger partial charge in [-0.2, -0.15) is 0 Å². The average Bonchev–Trinajstić information content (AvgIpc) is 3.00. The zero-order chi connectivity index (χ0) is 14.4. The molecule has 106 valence electrons. The van der Waals surface area contributed by atoms with Gasteiger partial charge in [-0.1, -0.05) is 25.1 Å². The quantitative estimate of drug-likeness (QED) is 0.852. The number of rotatable bonds is 6. The third-order valence-electron chi connectivity index (χ3n) is 3.23. The van der Waals surface area contributed by atoms with Crippen LogP contribution in [0.15, 0.2) is 41.8 Å². The second-order valence-corrected chi connectivity index (χ2v) is 5.65. The van der Waals surface area contributed by atoms with Crippen molar-refractivity contribution in [2.45, 2.75) is 25.8 Å². The van der Waals surface area contributed by atoms with E-state index in [-0.39, 0.29) is 5.91 Å². The van der Waals surface area contributed by atoms with Crippen molar-refractivity contribution in [2.75, 3.05) is 12.4 Å². The molecule has 1 amide bonds. The Morgan fingerprint density at radius 3 is 2.55 bits per heavy atom. The lowest BCUT2D eigenvalue weighted by molar-refractivity contribution is -0.119. The first-order valence-electron chi connectivity index (χ1n) is 6.82. The van der Waals surface area contributed by atoms with Gasteiger partial charge in [-0.3, -0.25) is 4.79 Å². The Morgan fingerprint density at radius 1 is 1.25 bits per heavy atom. The van der Waals surface area contributed by atoms with E-state index >= 15 is 0 Å². The molecule has 1 aromatic carbocycles. The second-order valence-electron chi connectivity index (χ2n) is 4.67. The summed E-state index contributed by atoms with van der Waals surface area (Å²) in [6.07, 6.45) is 1.47. The zero-order valence-electron chi connectivity index (χ0n) is 11.8. The van der Waals surface area contributed by atoms with E-state index in [4.69, 9.17) is 0 Å². The number of carbonyl (C=O) groups is 1. The second kappa shape index (κ2) is 7.10. The maximum atomic E-state index is 11.3. The highest BCUT2D eigenvalue weighted by Crippen LogP contribution is 2.26. The van der Waals surface area contributed by atoms with Crippen molar-refractivity contribution in [1.29, 1.82) is 0 Å². The highest BCUT2D eigenvalue weighted by Gasteiger charge is 2.10. The first-order valence-corrected chi connectivity index (χ1v) is 7.70. The Balaban J connectivity index is 2.01. The van der Waals surface area contributed by atoms with Crippen LogP contribution in [0, 0.1) is 0 Å². The van der Waals surface area contributed by atoms with Crippen LogP contribution in [-0.4, -0.2) is 13.0 Å². The average molecular weight is 288 g/mol. The molecule has 0 saturated carbocycles. The lowest BCUT2D eigenvalue weighted by Crippen LogP contribution is -2.19. The highest BCUT2D eigenvalue weighted by atomic mass is 32.1. The van der Waals surface area contributed by atoms with Gasteiger partial charge in [0.15, 0.2) is 0 Å². The SMILES string of the molecule is CCC(Nc1ccc(CC(=O)NC)cc1)c1cccs1. The van der Waals surface area contributed by atoms with Crippen LogP contribution in [0.2, 0.25) is 0 Å². The van der Waals surface area contributed by atoms with E-state index in [1.807, 2.05) is 24.3 Å². The summed E-state index contributed by atoms with van der Waals surface area (Å²) in [5.74, 6) is 0.0377.